The topological polar surface area (TPSA) is 89.9 Å². The minimum absolute atomic E-state index is 0.130. The average Bonchev–Trinajstić information content (AvgIpc) is 3.01. The number of aliphatic hydroxyl groups is 1. The van der Waals surface area contributed by atoms with Crippen molar-refractivity contribution >= 4 is 17.3 Å². The molecule has 2 spiro atoms. The van der Waals surface area contributed by atoms with Crippen LogP contribution in [0.2, 0.25) is 0 Å². The molecule has 1 heterocycles. The van der Waals surface area contributed by atoms with Gasteiger partial charge in [0.25, 0.3) is 0 Å². The molecule has 5 aliphatic carbocycles. The number of ketones is 3. The molecule has 0 radical (unpaired) electrons. The van der Waals surface area contributed by atoms with E-state index in [2.05, 4.69) is 6.58 Å². The summed E-state index contributed by atoms with van der Waals surface area (Å²) < 4.78 is 0. The summed E-state index contributed by atoms with van der Waals surface area (Å²) in [6.45, 7) is 13.6. The summed E-state index contributed by atoms with van der Waals surface area (Å²) in [5.74, 6) is -3.93. The lowest BCUT2D eigenvalue weighted by Crippen LogP contribution is -2.85. The van der Waals surface area contributed by atoms with E-state index in [9.17, 15) is 9.90 Å². The summed E-state index contributed by atoms with van der Waals surface area (Å²) in [6, 6.07) is 8.70. The van der Waals surface area contributed by atoms with Gasteiger partial charge in [0.05, 0.1) is 10.8 Å². The number of carbonyl (C=O) groups excluding carboxylic acids is 3. The second-order valence-electron chi connectivity index (χ2n) is 13.3. The number of hydrogen-bond donors (Lipinski definition) is 1. The molecule has 0 unspecified atom stereocenters. The van der Waals surface area contributed by atoms with Crippen molar-refractivity contribution in [1.29, 1.82) is 0 Å². The molecule has 1 aromatic carbocycles. The third-order valence-electron chi connectivity index (χ3n) is 11.4. The predicted octanol–water partition coefficient (Wildman–Crippen LogP) is 4.85. The van der Waals surface area contributed by atoms with E-state index in [0.29, 0.717) is 30.4 Å². The van der Waals surface area contributed by atoms with Gasteiger partial charge >= 0.3 is 0 Å². The molecule has 5 saturated carbocycles. The Morgan fingerprint density at radius 2 is 1.69 bits per heavy atom. The molecule has 7 rings (SSSR count). The molecule has 36 heavy (non-hydrogen) atoms. The highest BCUT2D eigenvalue weighted by Gasteiger charge is 2.93. The number of hydrogen-bond acceptors (Lipinski definition) is 6. The highest BCUT2D eigenvalue weighted by Crippen LogP contribution is 2.82. The molecule has 1 aromatic rings. The Bertz CT molecular complexity index is 1220. The van der Waals surface area contributed by atoms with Crippen LogP contribution in [0.1, 0.15) is 77.1 Å². The van der Waals surface area contributed by atoms with E-state index in [0.717, 1.165) is 6.42 Å². The van der Waals surface area contributed by atoms with Crippen molar-refractivity contribution < 1.29 is 29.3 Å². The lowest BCUT2D eigenvalue weighted by Gasteiger charge is -2.69. The van der Waals surface area contributed by atoms with Crippen LogP contribution in [0.25, 0.3) is 0 Å². The van der Waals surface area contributed by atoms with Crippen LogP contribution in [0, 0.1) is 38.9 Å². The smallest absolute Gasteiger partial charge is 0.225 e. The summed E-state index contributed by atoms with van der Waals surface area (Å²) >= 11 is 0. The van der Waals surface area contributed by atoms with Crippen molar-refractivity contribution in [2.45, 2.75) is 78.6 Å². The van der Waals surface area contributed by atoms with Gasteiger partial charge in [0, 0.05) is 5.56 Å². The molecule has 1 N–H and O–H groups in total. The molecular formula is C30H36O6. The van der Waals surface area contributed by atoms with Crippen molar-refractivity contribution in [3.05, 3.63) is 48.0 Å². The van der Waals surface area contributed by atoms with E-state index < -0.39 is 56.3 Å². The summed E-state index contributed by atoms with van der Waals surface area (Å²) in [6.07, 6.45) is 1.95. The molecule has 0 amide bonds. The van der Waals surface area contributed by atoms with Crippen LogP contribution in [0.15, 0.2) is 42.5 Å². The monoisotopic (exact) mass is 492 g/mol. The van der Waals surface area contributed by atoms with Crippen LogP contribution in [0.5, 0.6) is 0 Å². The van der Waals surface area contributed by atoms with Crippen molar-refractivity contribution in [3.8, 4) is 0 Å². The van der Waals surface area contributed by atoms with Crippen molar-refractivity contribution in [1.82, 2.24) is 0 Å². The zero-order valence-corrected chi connectivity index (χ0v) is 21.8. The zero-order valence-electron chi connectivity index (χ0n) is 21.8. The maximum Gasteiger partial charge on any atom is 0.225 e. The lowest BCUT2D eigenvalue weighted by molar-refractivity contribution is -0.518. The Balaban J connectivity index is 1.74. The van der Waals surface area contributed by atoms with Crippen LogP contribution in [-0.2, 0) is 19.4 Å². The van der Waals surface area contributed by atoms with E-state index in [1.54, 1.807) is 31.2 Å². The Hall–Kier alpha value is -2.15. The van der Waals surface area contributed by atoms with Gasteiger partial charge in [0.2, 0.25) is 5.79 Å². The molecule has 192 valence electrons. The molecule has 1 saturated heterocycles. The first-order valence-corrected chi connectivity index (χ1v) is 13.2. The van der Waals surface area contributed by atoms with E-state index >= 15 is 9.59 Å². The Morgan fingerprint density at radius 1 is 1.03 bits per heavy atom. The highest BCUT2D eigenvalue weighted by atomic mass is 17.2. The average molecular weight is 493 g/mol. The van der Waals surface area contributed by atoms with Crippen LogP contribution in [0.3, 0.4) is 0 Å². The van der Waals surface area contributed by atoms with E-state index in [4.69, 9.17) is 9.78 Å². The van der Waals surface area contributed by atoms with Gasteiger partial charge in [0.15, 0.2) is 22.8 Å². The van der Waals surface area contributed by atoms with Crippen molar-refractivity contribution in [2.75, 3.05) is 0 Å². The van der Waals surface area contributed by atoms with Gasteiger partial charge in [-0.2, -0.15) is 4.89 Å². The van der Waals surface area contributed by atoms with Crippen molar-refractivity contribution in [3.63, 3.8) is 0 Å². The summed E-state index contributed by atoms with van der Waals surface area (Å²) in [7, 11) is 0. The van der Waals surface area contributed by atoms with Crippen LogP contribution >= 0.6 is 0 Å². The first kappa shape index (κ1) is 24.2. The maximum absolute atomic E-state index is 15.3. The first-order chi connectivity index (χ1) is 16.8. The molecule has 1 aliphatic heterocycles. The van der Waals surface area contributed by atoms with Gasteiger partial charge in [-0.3, -0.25) is 14.4 Å². The zero-order chi connectivity index (χ0) is 26.1. The fraction of sp³-hybridized carbons (Fsp3) is 0.633. The van der Waals surface area contributed by atoms with Gasteiger partial charge in [-0.05, 0) is 67.3 Å². The van der Waals surface area contributed by atoms with Gasteiger partial charge in [-0.25, -0.2) is 4.89 Å². The SMILES string of the molecule is C=C(C)[C@@H]1C[C@@]23C[C@@H]4C[C@@H]5CCC(C)(C)[C@]5(C(=O)[C@](C(=O)c5ccccc5)(C2=O)C4(C)C)[C@@]3(O)OO1. The molecule has 6 aliphatic rings. The summed E-state index contributed by atoms with van der Waals surface area (Å²) in [5.41, 5.74) is -5.45. The number of benzene rings is 1. The molecular weight excluding hydrogens is 456 g/mol. The van der Waals surface area contributed by atoms with Crippen LogP contribution in [0.4, 0.5) is 0 Å². The number of rotatable bonds is 3. The Kier molecular flexibility index (Phi) is 4.59. The molecule has 4 bridgehead atoms. The van der Waals surface area contributed by atoms with E-state index in [1.807, 2.05) is 33.8 Å². The Labute approximate surface area is 212 Å². The number of carbonyl (C=O) groups is 3. The molecule has 6 nitrogen and oxygen atoms in total. The second-order valence-corrected chi connectivity index (χ2v) is 13.3. The largest absolute Gasteiger partial charge is 0.362 e. The fourth-order valence-corrected chi connectivity index (χ4v) is 9.49. The van der Waals surface area contributed by atoms with E-state index in [-0.39, 0.29) is 18.3 Å². The summed E-state index contributed by atoms with van der Waals surface area (Å²) in [5, 5.41) is 12.7. The van der Waals surface area contributed by atoms with Crippen molar-refractivity contribution in [2.24, 2.45) is 38.9 Å². The first-order valence-electron chi connectivity index (χ1n) is 13.2. The van der Waals surface area contributed by atoms with Crippen LogP contribution < -0.4 is 0 Å². The van der Waals surface area contributed by atoms with Gasteiger partial charge in [-0.1, -0.05) is 64.6 Å². The fourth-order valence-electron chi connectivity index (χ4n) is 9.49. The molecule has 0 aromatic heterocycles. The minimum atomic E-state index is -2.16. The number of Topliss-reactive ketones (excluding diaryl/α,β-unsaturated/α-hetero) is 3. The summed E-state index contributed by atoms with van der Waals surface area (Å²) in [4.78, 5) is 56.7. The van der Waals surface area contributed by atoms with Gasteiger partial charge < -0.3 is 5.11 Å². The lowest BCUT2D eigenvalue weighted by atomic mass is 9.33. The predicted molar refractivity (Wildman–Crippen MR) is 131 cm³/mol. The molecule has 6 fully saturated rings. The second kappa shape index (κ2) is 6.83. The third kappa shape index (κ3) is 2.18. The standard InChI is InChI=1S/C30H36O6/c1-17(2)21-16-27-15-20-14-19-12-13-25(3,4)29(19,30(27,34)36-35-21)24(33)28(23(27)32,26(20,5)6)22(31)18-10-8-7-9-11-18/h7-11,19-21,34H,1,12-16H2,2-6H3/t19-,20-,21-,27-,28-,29-,30-/m0/s1. The maximum atomic E-state index is 15.3. The highest BCUT2D eigenvalue weighted by molar-refractivity contribution is 6.34. The quantitative estimate of drug-likeness (QED) is 0.281. The van der Waals surface area contributed by atoms with Gasteiger partial charge in [-0.15, -0.1) is 0 Å². The van der Waals surface area contributed by atoms with Gasteiger partial charge in [0.1, 0.15) is 6.10 Å². The van der Waals surface area contributed by atoms with E-state index in [1.165, 1.54) is 0 Å². The minimum Gasteiger partial charge on any atom is -0.362 e. The molecule has 6 heteroatoms. The molecule has 7 atom stereocenters. The Morgan fingerprint density at radius 3 is 2.33 bits per heavy atom. The third-order valence-corrected chi connectivity index (χ3v) is 11.4. The van der Waals surface area contributed by atoms with Crippen LogP contribution in [-0.4, -0.2) is 34.3 Å². The normalized spacial score (nSPS) is 45.7.